The number of hydrogen-bond acceptors (Lipinski definition) is 3. The van der Waals surface area contributed by atoms with Crippen molar-refractivity contribution in [3.8, 4) is 17.2 Å². The quantitative estimate of drug-likeness (QED) is 0.822. The molecule has 0 aromatic heterocycles. The number of halogens is 2. The summed E-state index contributed by atoms with van der Waals surface area (Å²) in [6.07, 6.45) is 0.741. The molecule has 0 heterocycles. The summed E-state index contributed by atoms with van der Waals surface area (Å²) in [5.41, 5.74) is 6.82. The smallest absolute Gasteiger partial charge is 0.141 e. The van der Waals surface area contributed by atoms with E-state index < -0.39 is 0 Å². The molecule has 0 aliphatic heterocycles. The van der Waals surface area contributed by atoms with E-state index in [2.05, 4.69) is 15.9 Å². The fraction of sp³-hybridized carbons (Fsp3) is 0.250. The molecule has 5 heteroatoms. The van der Waals surface area contributed by atoms with Crippen molar-refractivity contribution in [3.63, 3.8) is 0 Å². The van der Waals surface area contributed by atoms with E-state index in [1.165, 1.54) is 0 Å². The molecule has 0 amide bonds. The average Bonchev–Trinajstić information content (AvgIpc) is 2.43. The third-order valence-corrected chi connectivity index (χ3v) is 3.90. The highest BCUT2D eigenvalue weighted by Gasteiger charge is 2.08. The van der Waals surface area contributed by atoms with Gasteiger partial charge in [-0.1, -0.05) is 17.7 Å². The summed E-state index contributed by atoms with van der Waals surface area (Å²) in [4.78, 5) is 0. The van der Waals surface area contributed by atoms with Gasteiger partial charge in [-0.25, -0.2) is 0 Å². The van der Waals surface area contributed by atoms with Crippen LogP contribution in [0, 0.1) is 0 Å². The fourth-order valence-corrected chi connectivity index (χ4v) is 2.61. The van der Waals surface area contributed by atoms with E-state index in [4.69, 9.17) is 26.8 Å². The van der Waals surface area contributed by atoms with Crippen LogP contribution in [0.15, 0.2) is 40.9 Å². The van der Waals surface area contributed by atoms with Gasteiger partial charge in [0.25, 0.3) is 0 Å². The van der Waals surface area contributed by atoms with Crippen LogP contribution in [0.2, 0.25) is 5.02 Å². The molecule has 0 radical (unpaired) electrons. The van der Waals surface area contributed by atoms with Gasteiger partial charge < -0.3 is 15.2 Å². The molecule has 21 heavy (non-hydrogen) atoms. The summed E-state index contributed by atoms with van der Waals surface area (Å²) in [5.74, 6) is 2.14. The Labute approximate surface area is 138 Å². The van der Waals surface area contributed by atoms with Gasteiger partial charge in [0, 0.05) is 11.1 Å². The number of ether oxygens (including phenoxy) is 2. The van der Waals surface area contributed by atoms with Gasteiger partial charge in [0.05, 0.1) is 11.6 Å². The fourth-order valence-electron chi connectivity index (χ4n) is 1.92. The maximum atomic E-state index is 6.26. The molecule has 0 saturated heterocycles. The second-order valence-electron chi connectivity index (χ2n) is 4.83. The molecule has 0 bridgehead atoms. The van der Waals surface area contributed by atoms with Gasteiger partial charge in [0.2, 0.25) is 0 Å². The first-order valence-corrected chi connectivity index (χ1v) is 7.72. The summed E-state index contributed by atoms with van der Waals surface area (Å²) in [6.45, 7) is 1.95. The molecular weight excluding hydrogens is 354 g/mol. The van der Waals surface area contributed by atoms with E-state index in [9.17, 15) is 0 Å². The van der Waals surface area contributed by atoms with Crippen LogP contribution < -0.4 is 15.2 Å². The first-order valence-electron chi connectivity index (χ1n) is 6.55. The number of rotatable bonds is 5. The van der Waals surface area contributed by atoms with E-state index in [1.54, 1.807) is 13.2 Å². The van der Waals surface area contributed by atoms with Crippen LogP contribution in [-0.2, 0) is 6.42 Å². The predicted octanol–water partition coefficient (Wildman–Crippen LogP) is 4.79. The highest BCUT2D eigenvalue weighted by molar-refractivity contribution is 9.10. The third-order valence-electron chi connectivity index (χ3n) is 2.93. The van der Waals surface area contributed by atoms with E-state index in [0.29, 0.717) is 16.5 Å². The highest BCUT2D eigenvalue weighted by Crippen LogP contribution is 2.34. The Morgan fingerprint density at radius 1 is 1.19 bits per heavy atom. The molecule has 2 aromatic carbocycles. The zero-order valence-corrected chi connectivity index (χ0v) is 14.2. The van der Waals surface area contributed by atoms with Gasteiger partial charge in [-0.2, -0.15) is 0 Å². The summed E-state index contributed by atoms with van der Waals surface area (Å²) < 4.78 is 11.8. The Kier molecular flexibility index (Phi) is 5.51. The maximum absolute atomic E-state index is 6.26. The van der Waals surface area contributed by atoms with E-state index >= 15 is 0 Å². The standard InChI is InChI=1S/C16H17BrClNO2/c1-10(19)7-11-3-4-13(9-15(11)18)21-16-6-5-12(20-2)8-14(16)17/h3-6,8-10H,7,19H2,1-2H3. The second-order valence-corrected chi connectivity index (χ2v) is 6.09. The minimum absolute atomic E-state index is 0.0741. The van der Waals surface area contributed by atoms with Crippen molar-refractivity contribution in [2.45, 2.75) is 19.4 Å². The van der Waals surface area contributed by atoms with Crippen LogP contribution in [-0.4, -0.2) is 13.2 Å². The lowest BCUT2D eigenvalue weighted by atomic mass is 10.1. The Balaban J connectivity index is 2.18. The van der Waals surface area contributed by atoms with Crippen molar-refractivity contribution in [1.82, 2.24) is 0 Å². The Morgan fingerprint density at radius 2 is 1.90 bits per heavy atom. The Morgan fingerprint density at radius 3 is 2.48 bits per heavy atom. The molecule has 0 fully saturated rings. The predicted molar refractivity (Wildman–Crippen MR) is 89.6 cm³/mol. The normalized spacial score (nSPS) is 12.0. The second kappa shape index (κ2) is 7.16. The molecule has 2 N–H and O–H groups in total. The molecule has 2 aromatic rings. The maximum Gasteiger partial charge on any atom is 0.141 e. The van der Waals surface area contributed by atoms with Crippen molar-refractivity contribution in [3.05, 3.63) is 51.5 Å². The van der Waals surface area contributed by atoms with Gasteiger partial charge in [0.15, 0.2) is 0 Å². The molecule has 0 aliphatic rings. The van der Waals surface area contributed by atoms with Crippen molar-refractivity contribution < 1.29 is 9.47 Å². The zero-order valence-electron chi connectivity index (χ0n) is 11.9. The first-order chi connectivity index (χ1) is 9.99. The molecule has 0 spiro atoms. The molecule has 0 saturated carbocycles. The minimum Gasteiger partial charge on any atom is -0.497 e. The van der Waals surface area contributed by atoms with E-state index in [0.717, 1.165) is 22.2 Å². The summed E-state index contributed by atoms with van der Waals surface area (Å²) in [5, 5.41) is 0.662. The molecule has 0 aliphatic carbocycles. The lowest BCUT2D eigenvalue weighted by Crippen LogP contribution is -2.17. The van der Waals surface area contributed by atoms with Crippen molar-refractivity contribution >= 4 is 27.5 Å². The van der Waals surface area contributed by atoms with Gasteiger partial charge in [-0.3, -0.25) is 0 Å². The monoisotopic (exact) mass is 369 g/mol. The van der Waals surface area contributed by atoms with Gasteiger partial charge in [0.1, 0.15) is 17.2 Å². The highest BCUT2D eigenvalue weighted by atomic mass is 79.9. The Bertz CT molecular complexity index is 632. The molecule has 3 nitrogen and oxygen atoms in total. The average molecular weight is 371 g/mol. The SMILES string of the molecule is COc1ccc(Oc2ccc(CC(C)N)c(Cl)c2)c(Br)c1. The Hall–Kier alpha value is -1.23. The van der Waals surface area contributed by atoms with Crippen LogP contribution in [0.5, 0.6) is 17.2 Å². The lowest BCUT2D eigenvalue weighted by molar-refractivity contribution is 0.412. The molecule has 1 unspecified atom stereocenters. The number of methoxy groups -OCH3 is 1. The van der Waals surface area contributed by atoms with Gasteiger partial charge >= 0.3 is 0 Å². The number of nitrogens with two attached hydrogens (primary N) is 1. The van der Waals surface area contributed by atoms with Gasteiger partial charge in [-0.05, 0) is 65.2 Å². The molecule has 1 atom stereocenters. The zero-order chi connectivity index (χ0) is 15.4. The van der Waals surface area contributed by atoms with E-state index in [-0.39, 0.29) is 6.04 Å². The molecule has 112 valence electrons. The van der Waals surface area contributed by atoms with Crippen molar-refractivity contribution in [1.29, 1.82) is 0 Å². The minimum atomic E-state index is 0.0741. The van der Waals surface area contributed by atoms with Gasteiger partial charge in [-0.15, -0.1) is 0 Å². The van der Waals surface area contributed by atoms with Crippen LogP contribution in [0.1, 0.15) is 12.5 Å². The largest absolute Gasteiger partial charge is 0.497 e. The number of hydrogen-bond donors (Lipinski definition) is 1. The van der Waals surface area contributed by atoms with Crippen LogP contribution >= 0.6 is 27.5 Å². The van der Waals surface area contributed by atoms with Crippen LogP contribution in [0.3, 0.4) is 0 Å². The summed E-state index contributed by atoms with van der Waals surface area (Å²) >= 11 is 9.72. The van der Waals surface area contributed by atoms with Crippen molar-refractivity contribution in [2.75, 3.05) is 7.11 Å². The van der Waals surface area contributed by atoms with Crippen LogP contribution in [0.25, 0.3) is 0 Å². The van der Waals surface area contributed by atoms with Crippen LogP contribution in [0.4, 0.5) is 0 Å². The third kappa shape index (κ3) is 4.37. The number of benzene rings is 2. The lowest BCUT2D eigenvalue weighted by Gasteiger charge is -2.12. The molecular formula is C16H17BrClNO2. The molecule has 2 rings (SSSR count). The topological polar surface area (TPSA) is 44.5 Å². The summed E-state index contributed by atoms with van der Waals surface area (Å²) in [6, 6.07) is 11.2. The summed E-state index contributed by atoms with van der Waals surface area (Å²) in [7, 11) is 1.62. The first kappa shape index (κ1) is 16.1. The van der Waals surface area contributed by atoms with E-state index in [1.807, 2.05) is 37.3 Å². The van der Waals surface area contributed by atoms with Crippen molar-refractivity contribution in [2.24, 2.45) is 5.73 Å².